The van der Waals surface area contributed by atoms with Crippen molar-refractivity contribution >= 4 is 23.2 Å². The molecule has 0 spiro atoms. The molecule has 1 amide bonds. The van der Waals surface area contributed by atoms with Crippen LogP contribution < -0.4 is 16.2 Å². The van der Waals surface area contributed by atoms with E-state index in [0.29, 0.717) is 24.0 Å². The number of rotatable bonds is 8. The van der Waals surface area contributed by atoms with Crippen LogP contribution in [0.4, 0.5) is 0 Å². The first-order chi connectivity index (χ1) is 9.36. The van der Waals surface area contributed by atoms with Crippen LogP contribution in [0.5, 0.6) is 0 Å². The number of carbonyl (C=O) groups excluding carboxylic acids is 1. The van der Waals surface area contributed by atoms with E-state index in [0.717, 1.165) is 12.8 Å². The second kappa shape index (κ2) is 10.6. The first kappa shape index (κ1) is 18.9. The molecule has 0 aliphatic rings. The lowest BCUT2D eigenvalue weighted by molar-refractivity contribution is -0.126. The minimum absolute atomic E-state index is 0.144. The number of aliphatic hydroxyl groups excluding tert-OH is 1. The summed E-state index contributed by atoms with van der Waals surface area (Å²) in [6.07, 6.45) is 3.33. The maximum Gasteiger partial charge on any atom is 0.241 e. The molecule has 0 aliphatic heterocycles. The van der Waals surface area contributed by atoms with Gasteiger partial charge in [-0.3, -0.25) is 15.6 Å². The lowest BCUT2D eigenvalue weighted by Gasteiger charge is -2.20. The van der Waals surface area contributed by atoms with Crippen molar-refractivity contribution in [3.05, 3.63) is 12.7 Å². The van der Waals surface area contributed by atoms with Crippen molar-refractivity contribution in [1.82, 2.24) is 16.2 Å². The molecule has 0 saturated heterocycles. The summed E-state index contributed by atoms with van der Waals surface area (Å²) in [7, 11) is 0. The van der Waals surface area contributed by atoms with E-state index in [-0.39, 0.29) is 11.8 Å². The van der Waals surface area contributed by atoms with Gasteiger partial charge in [0, 0.05) is 12.5 Å². The summed E-state index contributed by atoms with van der Waals surface area (Å²) < 4.78 is 0. The standard InChI is InChI=1S/C14H27N3O2S/c1-5-8-15-14(20)17-16-13(19)12(9-11(4)18)7-6-10(2)3/h5,10-12,18H,1,6-9H2,2-4H3,(H,16,19)(H2,15,17,20)/t11-,12-/m1/s1. The van der Waals surface area contributed by atoms with Crippen LogP contribution in [0.15, 0.2) is 12.7 Å². The minimum atomic E-state index is -0.497. The number of amides is 1. The Bertz CT molecular complexity index is 320. The predicted octanol–water partition coefficient (Wildman–Crippen LogP) is 1.49. The average molecular weight is 301 g/mol. The number of carbonyl (C=O) groups is 1. The first-order valence-corrected chi connectivity index (χ1v) is 7.40. The monoisotopic (exact) mass is 301 g/mol. The highest BCUT2D eigenvalue weighted by Gasteiger charge is 2.20. The molecule has 0 heterocycles. The van der Waals surface area contributed by atoms with Crippen LogP contribution in [0, 0.1) is 11.8 Å². The molecule has 2 atom stereocenters. The SMILES string of the molecule is C=CCNC(=S)NNC(=O)[C@H](CCC(C)C)C[C@@H](C)O. The number of hydrogen-bond acceptors (Lipinski definition) is 3. The van der Waals surface area contributed by atoms with E-state index in [1.807, 2.05) is 0 Å². The van der Waals surface area contributed by atoms with Crippen LogP contribution in [0.25, 0.3) is 0 Å². The van der Waals surface area contributed by atoms with E-state index in [2.05, 4.69) is 36.6 Å². The summed E-state index contributed by atoms with van der Waals surface area (Å²) in [5.41, 5.74) is 5.23. The summed E-state index contributed by atoms with van der Waals surface area (Å²) in [5, 5.41) is 12.7. The number of thiocarbonyl (C=S) groups is 1. The fourth-order valence-corrected chi connectivity index (χ4v) is 1.87. The molecule has 0 aliphatic carbocycles. The third-order valence-corrected chi connectivity index (χ3v) is 3.04. The van der Waals surface area contributed by atoms with Gasteiger partial charge < -0.3 is 10.4 Å². The topological polar surface area (TPSA) is 73.4 Å². The maximum absolute atomic E-state index is 12.1. The Labute approximate surface area is 127 Å². The Morgan fingerprint density at radius 3 is 2.45 bits per heavy atom. The number of nitrogens with one attached hydrogen (secondary N) is 3. The molecule has 0 saturated carbocycles. The lowest BCUT2D eigenvalue weighted by Crippen LogP contribution is -2.49. The van der Waals surface area contributed by atoms with Crippen LogP contribution in [0.1, 0.15) is 40.0 Å². The zero-order valence-corrected chi connectivity index (χ0v) is 13.4. The molecule has 20 heavy (non-hydrogen) atoms. The molecule has 0 aromatic carbocycles. The van der Waals surface area contributed by atoms with Gasteiger partial charge in [0.15, 0.2) is 5.11 Å². The summed E-state index contributed by atoms with van der Waals surface area (Å²) in [5.74, 6) is 0.170. The van der Waals surface area contributed by atoms with Crippen molar-refractivity contribution in [2.24, 2.45) is 11.8 Å². The minimum Gasteiger partial charge on any atom is -0.393 e. The van der Waals surface area contributed by atoms with Gasteiger partial charge in [-0.2, -0.15) is 0 Å². The third kappa shape index (κ3) is 9.75. The molecule has 0 rings (SSSR count). The third-order valence-electron chi connectivity index (χ3n) is 2.80. The summed E-state index contributed by atoms with van der Waals surface area (Å²) >= 11 is 4.98. The van der Waals surface area contributed by atoms with E-state index in [9.17, 15) is 9.90 Å². The van der Waals surface area contributed by atoms with Crippen molar-refractivity contribution in [2.45, 2.75) is 46.1 Å². The first-order valence-electron chi connectivity index (χ1n) is 6.99. The quantitative estimate of drug-likeness (QED) is 0.311. The second-order valence-corrected chi connectivity index (χ2v) is 5.77. The van der Waals surface area contributed by atoms with Crippen LogP contribution in [0.3, 0.4) is 0 Å². The lowest BCUT2D eigenvalue weighted by atomic mass is 9.92. The Balaban J connectivity index is 4.24. The molecule has 0 radical (unpaired) electrons. The second-order valence-electron chi connectivity index (χ2n) is 5.37. The molecule has 116 valence electrons. The molecular weight excluding hydrogens is 274 g/mol. The van der Waals surface area contributed by atoms with Gasteiger partial charge in [-0.15, -0.1) is 6.58 Å². The van der Waals surface area contributed by atoms with Gasteiger partial charge in [-0.1, -0.05) is 26.3 Å². The highest BCUT2D eigenvalue weighted by molar-refractivity contribution is 7.80. The van der Waals surface area contributed by atoms with Crippen LogP contribution in [0.2, 0.25) is 0 Å². The van der Waals surface area contributed by atoms with Crippen molar-refractivity contribution in [1.29, 1.82) is 0 Å². The van der Waals surface area contributed by atoms with E-state index in [1.165, 1.54) is 0 Å². The number of hydrazine groups is 1. The van der Waals surface area contributed by atoms with Gasteiger partial charge in [0.2, 0.25) is 5.91 Å². The van der Waals surface area contributed by atoms with Gasteiger partial charge in [0.1, 0.15) is 0 Å². The Kier molecular flexibility index (Phi) is 10.0. The van der Waals surface area contributed by atoms with Crippen molar-refractivity contribution in [2.75, 3.05) is 6.54 Å². The van der Waals surface area contributed by atoms with Crippen molar-refractivity contribution in [3.63, 3.8) is 0 Å². The Morgan fingerprint density at radius 2 is 1.95 bits per heavy atom. The Hall–Kier alpha value is -1.14. The van der Waals surface area contributed by atoms with E-state index >= 15 is 0 Å². The molecule has 0 unspecified atom stereocenters. The Morgan fingerprint density at radius 1 is 1.30 bits per heavy atom. The zero-order valence-electron chi connectivity index (χ0n) is 12.6. The van der Waals surface area contributed by atoms with E-state index < -0.39 is 6.10 Å². The van der Waals surface area contributed by atoms with Crippen molar-refractivity contribution < 1.29 is 9.90 Å². The van der Waals surface area contributed by atoms with Crippen LogP contribution >= 0.6 is 12.2 Å². The number of hydrogen-bond donors (Lipinski definition) is 4. The molecule has 0 aromatic heterocycles. The normalized spacial score (nSPS) is 13.4. The fourth-order valence-electron chi connectivity index (χ4n) is 1.73. The van der Waals surface area contributed by atoms with Gasteiger partial charge >= 0.3 is 0 Å². The van der Waals surface area contributed by atoms with E-state index in [1.54, 1.807) is 13.0 Å². The molecule has 0 bridgehead atoms. The molecule has 6 heteroatoms. The maximum atomic E-state index is 12.1. The van der Waals surface area contributed by atoms with Gasteiger partial charge in [-0.05, 0) is 37.9 Å². The highest BCUT2D eigenvalue weighted by Crippen LogP contribution is 2.17. The van der Waals surface area contributed by atoms with Gasteiger partial charge in [0.05, 0.1) is 6.10 Å². The van der Waals surface area contributed by atoms with Gasteiger partial charge in [0.25, 0.3) is 0 Å². The summed E-state index contributed by atoms with van der Waals surface area (Å²) in [6.45, 7) is 10.0. The largest absolute Gasteiger partial charge is 0.393 e. The molecule has 4 N–H and O–H groups in total. The summed E-state index contributed by atoms with van der Waals surface area (Å²) in [6, 6.07) is 0. The van der Waals surface area contributed by atoms with E-state index in [4.69, 9.17) is 12.2 Å². The molecule has 0 fully saturated rings. The highest BCUT2D eigenvalue weighted by atomic mass is 32.1. The van der Waals surface area contributed by atoms with Crippen LogP contribution in [-0.4, -0.2) is 28.8 Å². The fraction of sp³-hybridized carbons (Fsp3) is 0.714. The molecule has 0 aromatic rings. The number of aliphatic hydroxyl groups is 1. The van der Waals surface area contributed by atoms with Crippen molar-refractivity contribution in [3.8, 4) is 0 Å². The van der Waals surface area contributed by atoms with Gasteiger partial charge in [-0.25, -0.2) is 0 Å². The van der Waals surface area contributed by atoms with Crippen LogP contribution in [-0.2, 0) is 4.79 Å². The smallest absolute Gasteiger partial charge is 0.241 e. The summed E-state index contributed by atoms with van der Waals surface area (Å²) in [4.78, 5) is 12.1. The predicted molar refractivity (Wildman–Crippen MR) is 85.9 cm³/mol. The molecule has 5 nitrogen and oxygen atoms in total. The molecular formula is C14H27N3O2S. The zero-order chi connectivity index (χ0) is 15.5. The average Bonchev–Trinajstić information content (AvgIpc) is 2.37.